The van der Waals surface area contributed by atoms with Gasteiger partial charge in [0, 0.05) is 76.0 Å². The van der Waals surface area contributed by atoms with Gasteiger partial charge in [-0.15, -0.1) is 10.2 Å². The molecule has 0 bridgehead atoms. The van der Waals surface area contributed by atoms with Crippen LogP contribution in [0.3, 0.4) is 0 Å². The third kappa shape index (κ3) is 11.9. The van der Waals surface area contributed by atoms with Crippen LogP contribution in [0, 0.1) is 17.2 Å². The number of aromatic nitrogens is 3. The topological polar surface area (TPSA) is 171 Å². The number of hydrogen-bond donors (Lipinski definition) is 3. The van der Waals surface area contributed by atoms with E-state index >= 15 is 0 Å². The molecular weight excluding hydrogens is 673 g/mol. The molecule has 1 aromatic carbocycles. The molecule has 1 spiro atoms. The molecule has 0 radical (unpaired) electrons. The van der Waals surface area contributed by atoms with Gasteiger partial charge in [0.1, 0.15) is 17.9 Å². The average molecular weight is 730 g/mol. The number of methoxy groups -OCH3 is 1. The molecule has 52 heavy (non-hydrogen) atoms. The van der Waals surface area contributed by atoms with E-state index in [-0.39, 0.29) is 40.2 Å². The summed E-state index contributed by atoms with van der Waals surface area (Å²) >= 11 is 0. The zero-order chi connectivity index (χ0) is 38.6. The van der Waals surface area contributed by atoms with Crippen molar-refractivity contribution in [2.24, 2.45) is 11.3 Å². The highest BCUT2D eigenvalue weighted by Crippen LogP contribution is 2.44. The molecule has 3 N–H and O–H groups in total. The van der Waals surface area contributed by atoms with Crippen molar-refractivity contribution in [2.45, 2.75) is 85.4 Å². The van der Waals surface area contributed by atoms with E-state index in [0.717, 1.165) is 58.5 Å². The van der Waals surface area contributed by atoms with Crippen LogP contribution in [-0.4, -0.2) is 124 Å². The Morgan fingerprint density at radius 2 is 1.79 bits per heavy atom. The van der Waals surface area contributed by atoms with Crippen LogP contribution in [0.2, 0.25) is 0 Å². The predicted molar refractivity (Wildman–Crippen MR) is 195 cm³/mol. The van der Waals surface area contributed by atoms with E-state index in [1.54, 1.807) is 12.0 Å². The van der Waals surface area contributed by atoms with E-state index in [1.807, 2.05) is 20.8 Å². The minimum Gasteiger partial charge on any atom is -0.478 e. The van der Waals surface area contributed by atoms with Crippen LogP contribution in [0.15, 0.2) is 36.7 Å². The summed E-state index contributed by atoms with van der Waals surface area (Å²) in [5.74, 6) is -1.67. The highest BCUT2D eigenvalue weighted by molar-refractivity contribution is 5.97. The molecule has 1 unspecified atom stereocenters. The van der Waals surface area contributed by atoms with Crippen LogP contribution in [0.4, 0.5) is 10.2 Å². The molecular formula is C37H56FN7O7. The van der Waals surface area contributed by atoms with Crippen LogP contribution < -0.4 is 15.0 Å². The van der Waals surface area contributed by atoms with Crippen molar-refractivity contribution >= 4 is 23.7 Å². The number of carbonyl (C=O) groups excluding carboxylic acids is 1. The van der Waals surface area contributed by atoms with Gasteiger partial charge in [0.2, 0.25) is 0 Å². The van der Waals surface area contributed by atoms with E-state index in [9.17, 15) is 18.8 Å². The second-order valence-corrected chi connectivity index (χ2v) is 14.7. The highest BCUT2D eigenvalue weighted by Gasteiger charge is 2.50. The summed E-state index contributed by atoms with van der Waals surface area (Å²) in [6, 6.07) is 4.50. The fraction of sp³-hybridized carbons (Fsp3) is 0.622. The van der Waals surface area contributed by atoms with Gasteiger partial charge in [-0.1, -0.05) is 13.8 Å². The first-order valence-corrected chi connectivity index (χ1v) is 17.9. The molecule has 4 rings (SSSR count). The van der Waals surface area contributed by atoms with Crippen LogP contribution in [0.25, 0.3) is 0 Å². The van der Waals surface area contributed by atoms with Gasteiger partial charge in [-0.2, -0.15) is 0 Å². The molecule has 15 heteroatoms. The summed E-state index contributed by atoms with van der Waals surface area (Å²) in [6.45, 7) is 20.7. The van der Waals surface area contributed by atoms with Gasteiger partial charge in [0.05, 0.1) is 11.2 Å². The normalized spacial score (nSPS) is 16.2. The summed E-state index contributed by atoms with van der Waals surface area (Å²) in [7, 11) is 1.76. The lowest BCUT2D eigenvalue weighted by Gasteiger charge is -2.53. The Hall–Kier alpha value is -4.21. The quantitative estimate of drug-likeness (QED) is 0.151. The average Bonchev–Trinajstić information content (AvgIpc) is 3.52. The number of amides is 1. The van der Waals surface area contributed by atoms with E-state index < -0.39 is 17.8 Å². The van der Waals surface area contributed by atoms with E-state index in [1.165, 1.54) is 24.5 Å². The fourth-order valence-electron chi connectivity index (χ4n) is 6.70. The van der Waals surface area contributed by atoms with Gasteiger partial charge in [-0.25, -0.2) is 19.0 Å². The Morgan fingerprint density at radius 3 is 2.37 bits per heavy atom. The number of nitrogens with one attached hydrogen (secondary N) is 1. The number of nitrogens with zero attached hydrogens (tertiary/aromatic N) is 6. The minimum absolute atomic E-state index is 0.0412. The smallest absolute Gasteiger partial charge is 0.328 e. The number of likely N-dealkylation sites (tertiary alicyclic amines) is 1. The molecule has 0 saturated carbocycles. The molecule has 0 aliphatic carbocycles. The number of halogens is 1. The SMILES string of the molecule is CCN(C(=O)c1cc(F)ccc1Oc1nncnc1N1CCC2(C1)CN(C(CCCNCC(C)(C)OC)C(C)C)C2)C(C)C.O=C(O)/C=C/C(=O)O. The maximum absolute atomic E-state index is 14.3. The lowest BCUT2D eigenvalue weighted by atomic mass is 9.76. The first kappa shape index (κ1) is 42.2. The number of carboxylic acid groups (broad SMARTS) is 2. The minimum atomic E-state index is -1.26. The predicted octanol–water partition coefficient (Wildman–Crippen LogP) is 4.72. The largest absolute Gasteiger partial charge is 0.478 e. The molecule has 2 saturated heterocycles. The molecule has 2 aromatic rings. The second-order valence-electron chi connectivity index (χ2n) is 14.7. The van der Waals surface area contributed by atoms with Gasteiger partial charge in [-0.3, -0.25) is 9.69 Å². The number of hydrogen-bond acceptors (Lipinski definition) is 11. The Kier molecular flexibility index (Phi) is 15.4. The second kappa shape index (κ2) is 19.0. The van der Waals surface area contributed by atoms with Crippen molar-refractivity contribution in [1.29, 1.82) is 0 Å². The van der Waals surface area contributed by atoms with E-state index in [0.29, 0.717) is 36.5 Å². The third-order valence-corrected chi connectivity index (χ3v) is 9.55. The van der Waals surface area contributed by atoms with Gasteiger partial charge < -0.3 is 34.8 Å². The molecule has 2 aliphatic heterocycles. The summed E-state index contributed by atoms with van der Waals surface area (Å²) in [5, 5.41) is 27.4. The molecule has 3 heterocycles. The standard InChI is InChI=1S/C33H52FN7O3.C4H4O4/c1-9-41(24(4)5)31(42)26-17-25(34)12-13-28(26)44-30-29(36-22-37-38-30)39-16-14-33(19-39)20-40(21-33)27(23(2)3)11-10-15-35-18-32(6,7)43-8;5-3(6)1-2-4(7)8/h12-13,17,22-24,27,35H,9-11,14-16,18-21H2,1-8H3;1-2H,(H,5,6)(H,7,8)/b;2-1+. The first-order valence-electron chi connectivity index (χ1n) is 17.9. The lowest BCUT2D eigenvalue weighted by Crippen LogP contribution is -2.62. The number of carboxylic acids is 2. The van der Waals surface area contributed by atoms with Gasteiger partial charge in [-0.05, 0) is 84.5 Å². The number of aliphatic carboxylic acids is 2. The van der Waals surface area contributed by atoms with Crippen LogP contribution in [0.1, 0.15) is 78.1 Å². The summed E-state index contributed by atoms with van der Waals surface area (Å²) < 4.78 is 26.0. The zero-order valence-electron chi connectivity index (χ0n) is 31.8. The molecule has 1 aromatic heterocycles. The maximum atomic E-state index is 14.3. The third-order valence-electron chi connectivity index (χ3n) is 9.55. The Bertz CT molecular complexity index is 1520. The van der Waals surface area contributed by atoms with Crippen LogP contribution >= 0.6 is 0 Å². The monoisotopic (exact) mass is 729 g/mol. The molecule has 1 atom stereocenters. The lowest BCUT2D eigenvalue weighted by molar-refractivity contribution is -0.134. The summed E-state index contributed by atoms with van der Waals surface area (Å²) in [6.07, 6.45) is 5.89. The van der Waals surface area contributed by atoms with Crippen LogP contribution in [-0.2, 0) is 14.3 Å². The molecule has 288 valence electrons. The molecule has 2 aliphatic rings. The zero-order valence-corrected chi connectivity index (χ0v) is 31.8. The van der Waals surface area contributed by atoms with Crippen molar-refractivity contribution in [2.75, 3.05) is 57.8 Å². The van der Waals surface area contributed by atoms with Crippen molar-refractivity contribution in [3.05, 3.63) is 48.1 Å². The van der Waals surface area contributed by atoms with Crippen molar-refractivity contribution < 1.29 is 38.5 Å². The molecule has 14 nitrogen and oxygen atoms in total. The number of benzene rings is 1. The Balaban J connectivity index is 0.000000815. The first-order chi connectivity index (χ1) is 24.5. The Morgan fingerprint density at radius 1 is 1.12 bits per heavy atom. The molecule has 1 amide bonds. The number of ether oxygens (including phenoxy) is 2. The van der Waals surface area contributed by atoms with Crippen LogP contribution in [0.5, 0.6) is 11.6 Å². The number of carbonyl (C=O) groups is 3. The maximum Gasteiger partial charge on any atom is 0.328 e. The van der Waals surface area contributed by atoms with Gasteiger partial charge in [0.15, 0.2) is 5.82 Å². The number of anilines is 1. The summed E-state index contributed by atoms with van der Waals surface area (Å²) in [5.41, 5.74) is 0.205. The van der Waals surface area contributed by atoms with E-state index in [2.05, 4.69) is 58.0 Å². The fourth-order valence-corrected chi connectivity index (χ4v) is 6.70. The van der Waals surface area contributed by atoms with Crippen molar-refractivity contribution in [3.8, 4) is 11.6 Å². The van der Waals surface area contributed by atoms with Gasteiger partial charge in [0.25, 0.3) is 11.8 Å². The van der Waals surface area contributed by atoms with Crippen molar-refractivity contribution in [1.82, 2.24) is 30.3 Å². The van der Waals surface area contributed by atoms with Crippen molar-refractivity contribution in [3.63, 3.8) is 0 Å². The summed E-state index contributed by atoms with van der Waals surface area (Å²) in [4.78, 5) is 43.5. The number of rotatable bonds is 17. The van der Waals surface area contributed by atoms with Gasteiger partial charge >= 0.3 is 11.9 Å². The van der Waals surface area contributed by atoms with E-state index in [4.69, 9.17) is 19.7 Å². The molecule has 2 fully saturated rings. The Labute approximate surface area is 306 Å². The highest BCUT2D eigenvalue weighted by atomic mass is 19.1.